The van der Waals surface area contributed by atoms with Gasteiger partial charge in [0.05, 0.1) is 5.69 Å². The van der Waals surface area contributed by atoms with Crippen molar-refractivity contribution in [3.05, 3.63) is 123 Å². The minimum absolute atomic E-state index is 0.133. The third kappa shape index (κ3) is 5.33. The Bertz CT molecular complexity index is 1510. The molecule has 1 unspecified atom stereocenters. The zero-order chi connectivity index (χ0) is 26.8. The smallest absolute Gasteiger partial charge is 0.198 e. The lowest BCUT2D eigenvalue weighted by atomic mass is 10.1. The highest BCUT2D eigenvalue weighted by Crippen LogP contribution is 2.43. The zero-order valence-electron chi connectivity index (χ0n) is 21.4. The number of halogens is 2. The van der Waals surface area contributed by atoms with Crippen molar-refractivity contribution in [2.75, 3.05) is 9.91 Å². The van der Waals surface area contributed by atoms with Crippen LogP contribution >= 0.6 is 27.5 Å². The van der Waals surface area contributed by atoms with E-state index in [-0.39, 0.29) is 5.78 Å². The molecule has 0 aromatic heterocycles. The molecule has 38 heavy (non-hydrogen) atoms. The number of Topliss-reactive ketones (excluding diaryl/α,β-unsaturated/α-hetero) is 1. The van der Waals surface area contributed by atoms with Crippen molar-refractivity contribution in [2.24, 2.45) is 5.10 Å². The summed E-state index contributed by atoms with van der Waals surface area (Å²) in [4.78, 5) is 15.0. The molecule has 4 aromatic carbocycles. The minimum Gasteiger partial charge on any atom is -0.488 e. The van der Waals surface area contributed by atoms with E-state index in [1.807, 2.05) is 88.8 Å². The van der Waals surface area contributed by atoms with Crippen LogP contribution in [0.3, 0.4) is 0 Å². The van der Waals surface area contributed by atoms with Crippen molar-refractivity contribution in [3.63, 3.8) is 0 Å². The van der Waals surface area contributed by atoms with Crippen LogP contribution in [0.2, 0.25) is 5.02 Å². The molecule has 0 spiro atoms. The van der Waals surface area contributed by atoms with Crippen LogP contribution in [0.4, 0.5) is 11.4 Å². The molecule has 0 saturated carbocycles. The van der Waals surface area contributed by atoms with E-state index in [1.54, 1.807) is 6.92 Å². The van der Waals surface area contributed by atoms with Crippen LogP contribution in [-0.4, -0.2) is 11.6 Å². The Morgan fingerprint density at radius 3 is 2.32 bits per heavy atom. The second kappa shape index (κ2) is 11.0. The number of anilines is 2. The molecule has 0 N–H and O–H groups in total. The van der Waals surface area contributed by atoms with Gasteiger partial charge in [-0.3, -0.25) is 9.69 Å². The number of nitrogens with zero attached hydrogens (tertiary/aromatic N) is 3. The maximum absolute atomic E-state index is 13.0. The fraction of sp³-hybridized carbons (Fsp3) is 0.161. The van der Waals surface area contributed by atoms with E-state index >= 15 is 0 Å². The third-order valence-electron chi connectivity index (χ3n) is 6.57. The minimum atomic E-state index is -0.486. The van der Waals surface area contributed by atoms with Gasteiger partial charge in [-0.2, -0.15) is 0 Å². The van der Waals surface area contributed by atoms with E-state index in [1.165, 1.54) is 5.56 Å². The highest BCUT2D eigenvalue weighted by molar-refractivity contribution is 9.10. The first kappa shape index (κ1) is 26.0. The van der Waals surface area contributed by atoms with Crippen molar-refractivity contribution in [3.8, 4) is 5.75 Å². The molecular weight excluding hydrogens is 562 g/mol. The number of carbonyl (C=O) groups excluding carboxylic acids is 1. The normalized spacial score (nSPS) is 15.0. The summed E-state index contributed by atoms with van der Waals surface area (Å²) in [6, 6.07) is 29.6. The first-order chi connectivity index (χ1) is 18.3. The van der Waals surface area contributed by atoms with Gasteiger partial charge in [0.15, 0.2) is 17.8 Å². The van der Waals surface area contributed by atoms with Gasteiger partial charge in [0.1, 0.15) is 12.4 Å². The maximum atomic E-state index is 13.0. The van der Waals surface area contributed by atoms with E-state index in [2.05, 4.69) is 41.9 Å². The Kier molecular flexibility index (Phi) is 7.54. The summed E-state index contributed by atoms with van der Waals surface area (Å²) in [5.41, 5.74) is 5.91. The van der Waals surface area contributed by atoms with Gasteiger partial charge in [-0.15, -0.1) is 5.10 Å². The maximum Gasteiger partial charge on any atom is 0.198 e. The number of hydrogen-bond acceptors (Lipinski definition) is 5. The van der Waals surface area contributed by atoms with Gasteiger partial charge in [-0.25, -0.2) is 5.01 Å². The molecule has 192 valence electrons. The molecule has 5 rings (SSSR count). The van der Waals surface area contributed by atoms with Gasteiger partial charge in [0.2, 0.25) is 0 Å². The Hall–Kier alpha value is -3.61. The summed E-state index contributed by atoms with van der Waals surface area (Å²) in [5, 5.41) is 7.34. The van der Waals surface area contributed by atoms with Gasteiger partial charge in [-0.1, -0.05) is 63.9 Å². The Morgan fingerprint density at radius 1 is 0.921 bits per heavy atom. The molecule has 0 bridgehead atoms. The predicted octanol–water partition coefficient (Wildman–Crippen LogP) is 8.23. The topological polar surface area (TPSA) is 45.1 Å². The average Bonchev–Trinajstić information content (AvgIpc) is 3.31. The molecular formula is C31H27BrClN3O2. The van der Waals surface area contributed by atoms with Crippen molar-refractivity contribution >= 4 is 50.5 Å². The summed E-state index contributed by atoms with van der Waals surface area (Å²) in [5.74, 6) is 0.920. The summed E-state index contributed by atoms with van der Waals surface area (Å²) in [7, 11) is 0. The van der Waals surface area contributed by atoms with Crippen LogP contribution in [0.25, 0.3) is 0 Å². The summed E-state index contributed by atoms with van der Waals surface area (Å²) >= 11 is 9.86. The summed E-state index contributed by atoms with van der Waals surface area (Å²) < 4.78 is 7.28. The molecule has 0 aliphatic carbocycles. The number of amidine groups is 1. The zero-order valence-corrected chi connectivity index (χ0v) is 23.7. The molecule has 5 nitrogen and oxygen atoms in total. The first-order valence-corrected chi connectivity index (χ1v) is 13.5. The van der Waals surface area contributed by atoms with Crippen LogP contribution in [0.15, 0.2) is 101 Å². The molecule has 0 fully saturated rings. The number of carbonyl (C=O) groups is 1. The van der Waals surface area contributed by atoms with Gasteiger partial charge in [0.25, 0.3) is 0 Å². The van der Waals surface area contributed by atoms with Crippen LogP contribution in [-0.2, 0) is 11.4 Å². The Balaban J connectivity index is 1.67. The highest BCUT2D eigenvalue weighted by Gasteiger charge is 2.41. The van der Waals surface area contributed by atoms with Gasteiger partial charge in [-0.05, 0) is 85.1 Å². The summed E-state index contributed by atoms with van der Waals surface area (Å²) in [6.07, 6.45) is -0.486. The number of hydrazone groups is 1. The second-order valence-corrected chi connectivity index (χ2v) is 10.6. The van der Waals surface area contributed by atoms with Gasteiger partial charge >= 0.3 is 0 Å². The van der Waals surface area contributed by atoms with Gasteiger partial charge < -0.3 is 4.74 Å². The number of aryl methyl sites for hydroxylation is 2. The lowest BCUT2D eigenvalue weighted by Crippen LogP contribution is -2.38. The fourth-order valence-corrected chi connectivity index (χ4v) is 4.97. The largest absolute Gasteiger partial charge is 0.488 e. The number of ketones is 1. The molecule has 0 saturated heterocycles. The van der Waals surface area contributed by atoms with Crippen LogP contribution in [0, 0.1) is 13.8 Å². The lowest BCUT2D eigenvalue weighted by Gasteiger charge is -2.33. The second-order valence-electron chi connectivity index (χ2n) is 9.27. The van der Waals surface area contributed by atoms with Crippen LogP contribution in [0.1, 0.15) is 35.3 Å². The van der Waals surface area contributed by atoms with Crippen molar-refractivity contribution < 1.29 is 9.53 Å². The molecule has 1 atom stereocenters. The monoisotopic (exact) mass is 587 g/mol. The van der Waals surface area contributed by atoms with Crippen LogP contribution < -0.4 is 14.6 Å². The van der Waals surface area contributed by atoms with Crippen LogP contribution in [0.5, 0.6) is 5.75 Å². The standard InChI is InChI=1S/C31H27BrClN3O2/c1-20-9-13-27(17-21(20)2)35-30(22(3)37)34-36(26-14-11-25(33)12-15-26)31(35)28-18-24(32)10-16-29(28)38-19-23-7-5-4-6-8-23/h4-18,31H,19H2,1-3H3. The van der Waals surface area contributed by atoms with Crippen molar-refractivity contribution in [1.82, 2.24) is 0 Å². The Labute approximate surface area is 236 Å². The first-order valence-electron chi connectivity index (χ1n) is 12.3. The summed E-state index contributed by atoms with van der Waals surface area (Å²) in [6.45, 7) is 6.10. The molecule has 4 aromatic rings. The number of ether oxygens (including phenoxy) is 1. The average molecular weight is 589 g/mol. The van der Waals surface area contributed by atoms with E-state index in [4.69, 9.17) is 21.4 Å². The number of benzene rings is 4. The van der Waals surface area contributed by atoms with E-state index < -0.39 is 6.17 Å². The van der Waals surface area contributed by atoms with E-state index in [0.717, 1.165) is 32.5 Å². The molecule has 1 aliphatic rings. The van der Waals surface area contributed by atoms with E-state index in [9.17, 15) is 4.79 Å². The third-order valence-corrected chi connectivity index (χ3v) is 7.31. The molecule has 1 aliphatic heterocycles. The number of hydrogen-bond donors (Lipinski definition) is 0. The molecule has 0 radical (unpaired) electrons. The fourth-order valence-electron chi connectivity index (χ4n) is 4.46. The lowest BCUT2D eigenvalue weighted by molar-refractivity contribution is -0.111. The van der Waals surface area contributed by atoms with Crippen molar-refractivity contribution in [1.29, 1.82) is 0 Å². The van der Waals surface area contributed by atoms with Gasteiger partial charge in [0, 0.05) is 27.7 Å². The SMILES string of the molecule is CC(=O)C1=NN(c2ccc(Cl)cc2)C(c2cc(Br)ccc2OCc2ccccc2)N1c1ccc(C)c(C)c1. The Morgan fingerprint density at radius 2 is 1.63 bits per heavy atom. The van der Waals surface area contributed by atoms with Crippen molar-refractivity contribution in [2.45, 2.75) is 33.5 Å². The number of rotatable bonds is 7. The van der Waals surface area contributed by atoms with E-state index in [0.29, 0.717) is 23.2 Å². The predicted molar refractivity (Wildman–Crippen MR) is 158 cm³/mol. The quantitative estimate of drug-likeness (QED) is 0.218. The molecule has 1 heterocycles. The molecule has 0 amide bonds. The molecule has 7 heteroatoms. The highest BCUT2D eigenvalue weighted by atomic mass is 79.9.